The molecule has 0 saturated heterocycles. The maximum atomic E-state index is 13.7. The van der Waals surface area contributed by atoms with Crippen LogP contribution in [0.25, 0.3) is 5.70 Å². The van der Waals surface area contributed by atoms with Crippen molar-refractivity contribution >= 4 is 23.3 Å². The summed E-state index contributed by atoms with van der Waals surface area (Å²) < 4.78 is 26.7. The number of hydrogen-bond acceptors (Lipinski definition) is 7. The number of nitrogens with one attached hydrogen (secondary N) is 1. The highest BCUT2D eigenvalue weighted by Gasteiger charge is 2.26. The number of esters is 1. The van der Waals surface area contributed by atoms with Crippen molar-refractivity contribution < 1.29 is 23.5 Å². The van der Waals surface area contributed by atoms with Gasteiger partial charge in [0.05, 0.1) is 17.9 Å². The second kappa shape index (κ2) is 14.4. The lowest BCUT2D eigenvalue weighted by Crippen LogP contribution is -2.41. The van der Waals surface area contributed by atoms with E-state index in [9.17, 15) is 18.8 Å². The summed E-state index contributed by atoms with van der Waals surface area (Å²) in [5, 5.41) is 3.35. The number of halogens is 1. The smallest absolute Gasteiger partial charge is 0.323 e. The number of aromatic nitrogens is 1. The van der Waals surface area contributed by atoms with Crippen LogP contribution in [0.4, 0.5) is 10.2 Å². The van der Waals surface area contributed by atoms with E-state index in [0.717, 1.165) is 44.3 Å². The Kier molecular flexibility index (Phi) is 10.7. The van der Waals surface area contributed by atoms with Crippen LogP contribution in [-0.2, 0) is 14.3 Å². The summed E-state index contributed by atoms with van der Waals surface area (Å²) in [4.78, 5) is 38.5. The predicted molar refractivity (Wildman–Crippen MR) is 161 cm³/mol. The zero-order valence-corrected chi connectivity index (χ0v) is 24.8. The van der Waals surface area contributed by atoms with Gasteiger partial charge in [-0.3, -0.25) is 19.0 Å². The molecule has 1 fully saturated rings. The Morgan fingerprint density at radius 3 is 2.55 bits per heavy atom. The van der Waals surface area contributed by atoms with Gasteiger partial charge in [0, 0.05) is 23.7 Å². The number of anilines is 1. The molecule has 9 heteroatoms. The topological polar surface area (TPSA) is 113 Å². The zero-order chi connectivity index (χ0) is 30.2. The molecule has 0 amide bonds. The van der Waals surface area contributed by atoms with Crippen LogP contribution in [0.15, 0.2) is 53.0 Å². The van der Waals surface area contributed by atoms with Gasteiger partial charge in [-0.25, -0.2) is 4.39 Å². The summed E-state index contributed by atoms with van der Waals surface area (Å²) in [6.45, 7) is 6.90. The molecule has 1 aromatic carbocycles. The van der Waals surface area contributed by atoms with E-state index in [2.05, 4.69) is 19.2 Å². The third kappa shape index (κ3) is 7.97. The Morgan fingerprint density at radius 2 is 1.88 bits per heavy atom. The monoisotopic (exact) mass is 579 g/mol. The van der Waals surface area contributed by atoms with Crippen molar-refractivity contribution in [2.75, 3.05) is 18.9 Å². The van der Waals surface area contributed by atoms with E-state index in [0.29, 0.717) is 48.7 Å². The number of nitrogens with two attached hydrogens (primary N) is 1. The van der Waals surface area contributed by atoms with Gasteiger partial charge in [0.1, 0.15) is 23.8 Å². The first-order chi connectivity index (χ1) is 20.1. The van der Waals surface area contributed by atoms with E-state index in [4.69, 9.17) is 15.2 Å². The molecule has 0 bridgehead atoms. The lowest BCUT2D eigenvalue weighted by molar-refractivity contribution is -0.151. The lowest BCUT2D eigenvalue weighted by atomic mass is 10.0. The van der Waals surface area contributed by atoms with Crippen LogP contribution in [0.5, 0.6) is 0 Å². The number of benzene rings is 1. The molecule has 0 unspecified atom stereocenters. The molecule has 8 nitrogen and oxygen atoms in total. The standard InChI is InChI=1S/C33H42FN3O5/c1-21(2)19-29(33(40)42-26-7-4-5-8-26)36-17-6-18-41-25-12-10-24(11-13-25)37-30(38)16-14-27(32(37)35)31(39)23-9-15-28(34)22(3)20-23/h9-10,12,14-16,20-21,26,29,36H,4-8,11,13,17-19,35H2,1-3H3/t29-/m0/s1. The third-order valence-corrected chi connectivity index (χ3v) is 7.75. The molecule has 1 atom stereocenters. The van der Waals surface area contributed by atoms with Gasteiger partial charge in [-0.15, -0.1) is 0 Å². The van der Waals surface area contributed by atoms with Crippen LogP contribution >= 0.6 is 0 Å². The molecule has 2 aromatic rings. The van der Waals surface area contributed by atoms with Crippen LogP contribution in [0.1, 0.15) is 86.7 Å². The molecular weight excluding hydrogens is 537 g/mol. The van der Waals surface area contributed by atoms with Crippen molar-refractivity contribution in [1.29, 1.82) is 0 Å². The normalized spacial score (nSPS) is 16.2. The van der Waals surface area contributed by atoms with Crippen molar-refractivity contribution in [3.63, 3.8) is 0 Å². The van der Waals surface area contributed by atoms with E-state index in [-0.39, 0.29) is 40.8 Å². The molecule has 0 aliphatic heterocycles. The molecule has 1 heterocycles. The molecule has 3 N–H and O–H groups in total. The maximum Gasteiger partial charge on any atom is 0.323 e. The average Bonchev–Trinajstić information content (AvgIpc) is 3.47. The molecule has 0 radical (unpaired) electrons. The summed E-state index contributed by atoms with van der Waals surface area (Å²) in [5.74, 6) is 0.280. The number of rotatable bonds is 13. The molecule has 42 heavy (non-hydrogen) atoms. The van der Waals surface area contributed by atoms with Gasteiger partial charge in [-0.2, -0.15) is 0 Å². The Labute approximate surface area is 246 Å². The van der Waals surface area contributed by atoms with Crippen LogP contribution < -0.4 is 16.6 Å². The summed E-state index contributed by atoms with van der Waals surface area (Å²) >= 11 is 0. The van der Waals surface area contributed by atoms with Crippen LogP contribution in [0.3, 0.4) is 0 Å². The Bertz CT molecular complexity index is 1400. The lowest BCUT2D eigenvalue weighted by Gasteiger charge is -2.22. The molecule has 226 valence electrons. The number of carbonyl (C=O) groups excluding carboxylic acids is 2. The second-order valence-electron chi connectivity index (χ2n) is 11.6. The Balaban J connectivity index is 1.33. The van der Waals surface area contributed by atoms with Crippen molar-refractivity contribution in [3.05, 3.63) is 81.1 Å². The van der Waals surface area contributed by atoms with Gasteiger partial charge >= 0.3 is 5.97 Å². The zero-order valence-electron chi connectivity index (χ0n) is 24.8. The Morgan fingerprint density at radius 1 is 1.12 bits per heavy atom. The van der Waals surface area contributed by atoms with Gasteiger partial charge < -0.3 is 20.5 Å². The fraction of sp³-hybridized carbons (Fsp3) is 0.485. The number of aryl methyl sites for hydroxylation is 1. The number of hydrogen-bond donors (Lipinski definition) is 2. The van der Waals surface area contributed by atoms with E-state index in [1.54, 1.807) is 13.0 Å². The molecule has 1 aromatic heterocycles. The minimum absolute atomic E-state index is 0.0481. The fourth-order valence-corrected chi connectivity index (χ4v) is 5.44. The number of allylic oxidation sites excluding steroid dienone is 4. The van der Waals surface area contributed by atoms with Gasteiger partial charge in [0.15, 0.2) is 5.78 Å². The first-order valence-electron chi connectivity index (χ1n) is 14.9. The molecule has 2 aliphatic rings. The third-order valence-electron chi connectivity index (χ3n) is 7.75. The number of nitrogen functional groups attached to an aromatic ring is 1. The first kappa shape index (κ1) is 31.2. The highest BCUT2D eigenvalue weighted by molar-refractivity contribution is 6.11. The molecule has 2 aliphatic carbocycles. The SMILES string of the molecule is Cc1cc(C(=O)c2ccc(=O)n(C3=CC=C(OCCCN[C@@H](CC(C)C)C(=O)OC4CCCC4)CC3)c2N)ccc1F. The van der Waals surface area contributed by atoms with E-state index in [1.807, 2.05) is 6.08 Å². The summed E-state index contributed by atoms with van der Waals surface area (Å²) in [7, 11) is 0. The van der Waals surface area contributed by atoms with Crippen LogP contribution in [-0.4, -0.2) is 41.6 Å². The number of ether oxygens (including phenoxy) is 2. The van der Waals surface area contributed by atoms with Crippen molar-refractivity contribution in [3.8, 4) is 0 Å². The van der Waals surface area contributed by atoms with Gasteiger partial charge in [0.25, 0.3) is 5.56 Å². The quantitative estimate of drug-likeness (QED) is 0.182. The number of ketones is 1. The highest BCUT2D eigenvalue weighted by Crippen LogP contribution is 2.26. The summed E-state index contributed by atoms with van der Waals surface area (Å²) in [6, 6.07) is 6.55. The van der Waals surface area contributed by atoms with Gasteiger partial charge in [0.2, 0.25) is 0 Å². The van der Waals surface area contributed by atoms with Crippen LogP contribution in [0.2, 0.25) is 0 Å². The van der Waals surface area contributed by atoms with Crippen molar-refractivity contribution in [2.24, 2.45) is 5.92 Å². The van der Waals surface area contributed by atoms with Gasteiger partial charge in [-0.1, -0.05) is 13.8 Å². The highest BCUT2D eigenvalue weighted by atomic mass is 19.1. The molecule has 4 rings (SSSR count). The van der Waals surface area contributed by atoms with Crippen molar-refractivity contribution in [1.82, 2.24) is 9.88 Å². The average molecular weight is 580 g/mol. The minimum atomic E-state index is -0.396. The minimum Gasteiger partial charge on any atom is -0.498 e. The van der Waals surface area contributed by atoms with Crippen LogP contribution in [0, 0.1) is 18.7 Å². The van der Waals surface area contributed by atoms with E-state index >= 15 is 0 Å². The molecule has 1 saturated carbocycles. The van der Waals surface area contributed by atoms with Crippen molar-refractivity contribution in [2.45, 2.75) is 84.3 Å². The summed E-state index contributed by atoms with van der Waals surface area (Å²) in [6.07, 6.45) is 10.3. The van der Waals surface area contributed by atoms with E-state index in [1.165, 1.54) is 34.9 Å². The van der Waals surface area contributed by atoms with Gasteiger partial charge in [-0.05, 0) is 106 Å². The maximum absolute atomic E-state index is 13.7. The largest absolute Gasteiger partial charge is 0.498 e. The predicted octanol–water partition coefficient (Wildman–Crippen LogP) is 5.52. The Hall–Kier alpha value is -3.72. The molecule has 0 spiro atoms. The number of pyridine rings is 1. The summed E-state index contributed by atoms with van der Waals surface area (Å²) in [5.41, 5.74) is 7.49. The molecular formula is C33H42FN3O5. The van der Waals surface area contributed by atoms with E-state index < -0.39 is 5.82 Å². The number of nitrogens with zero attached hydrogens (tertiary/aromatic N) is 1. The number of carbonyl (C=O) groups is 2. The fourth-order valence-electron chi connectivity index (χ4n) is 5.44. The second-order valence-corrected chi connectivity index (χ2v) is 11.6. The first-order valence-corrected chi connectivity index (χ1v) is 14.9.